The number of esters is 1. The topological polar surface area (TPSA) is 55.8 Å². The molecule has 0 amide bonds. The van der Waals surface area contributed by atoms with Crippen LogP contribution >= 0.6 is 0 Å². The molecule has 0 spiro atoms. The molecule has 0 aliphatic heterocycles. The predicted octanol–water partition coefficient (Wildman–Crippen LogP) is 3.26. The quantitative estimate of drug-likeness (QED) is 0.684. The Bertz CT molecular complexity index is 647. The number of carbonyl (C=O) groups excluding carboxylic acids is 1. The molecule has 2 aromatic carbocycles. The Balaban J connectivity index is 2.26. The molecular weight excluding hydrogens is 256 g/mol. The molecule has 0 aliphatic carbocycles. The molecule has 0 bridgehead atoms. The Kier molecular flexibility index (Phi) is 4.05. The highest BCUT2D eigenvalue weighted by atomic mass is 16.5. The van der Waals surface area contributed by atoms with Gasteiger partial charge >= 0.3 is 5.97 Å². The van der Waals surface area contributed by atoms with Gasteiger partial charge in [-0.2, -0.15) is 0 Å². The lowest BCUT2D eigenvalue weighted by Crippen LogP contribution is -2.09. The van der Waals surface area contributed by atoms with Gasteiger partial charge in [0.2, 0.25) is 0 Å². The normalized spacial score (nSPS) is 9.85. The molecule has 0 aliphatic rings. The zero-order valence-electron chi connectivity index (χ0n) is 11.0. The lowest BCUT2D eigenvalue weighted by Gasteiger charge is -2.09. The number of methoxy groups -OCH3 is 1. The van der Waals surface area contributed by atoms with Gasteiger partial charge in [-0.1, -0.05) is 30.9 Å². The first-order chi connectivity index (χ1) is 9.65. The van der Waals surface area contributed by atoms with Crippen LogP contribution in [0.5, 0.6) is 17.2 Å². The van der Waals surface area contributed by atoms with Crippen LogP contribution in [0.25, 0.3) is 6.08 Å². The van der Waals surface area contributed by atoms with Crippen LogP contribution in [0, 0.1) is 0 Å². The first kappa shape index (κ1) is 13.7. The van der Waals surface area contributed by atoms with Crippen molar-refractivity contribution in [2.75, 3.05) is 7.11 Å². The number of ether oxygens (including phenoxy) is 2. The van der Waals surface area contributed by atoms with E-state index in [-0.39, 0.29) is 11.5 Å². The molecule has 0 saturated carbocycles. The molecule has 0 fully saturated rings. The van der Waals surface area contributed by atoms with E-state index in [1.807, 2.05) is 6.07 Å². The van der Waals surface area contributed by atoms with Gasteiger partial charge in [-0.25, -0.2) is 4.79 Å². The van der Waals surface area contributed by atoms with E-state index in [4.69, 9.17) is 9.47 Å². The smallest absolute Gasteiger partial charge is 0.343 e. The maximum absolute atomic E-state index is 12.1. The summed E-state index contributed by atoms with van der Waals surface area (Å²) < 4.78 is 10.3. The van der Waals surface area contributed by atoms with Crippen molar-refractivity contribution < 1.29 is 19.4 Å². The van der Waals surface area contributed by atoms with Crippen molar-refractivity contribution in [1.29, 1.82) is 0 Å². The van der Waals surface area contributed by atoms with Crippen molar-refractivity contribution in [3.8, 4) is 17.2 Å². The van der Waals surface area contributed by atoms with Gasteiger partial charge in [-0.05, 0) is 24.3 Å². The molecule has 4 heteroatoms. The van der Waals surface area contributed by atoms with Gasteiger partial charge in [-0.3, -0.25) is 0 Å². The van der Waals surface area contributed by atoms with Crippen molar-refractivity contribution in [3.05, 3.63) is 60.2 Å². The van der Waals surface area contributed by atoms with E-state index in [1.165, 1.54) is 25.3 Å². The van der Waals surface area contributed by atoms with Crippen LogP contribution in [-0.4, -0.2) is 18.2 Å². The van der Waals surface area contributed by atoms with E-state index < -0.39 is 5.97 Å². The van der Waals surface area contributed by atoms with Crippen LogP contribution < -0.4 is 9.47 Å². The van der Waals surface area contributed by atoms with Gasteiger partial charge in [0, 0.05) is 5.56 Å². The van der Waals surface area contributed by atoms with Crippen LogP contribution in [-0.2, 0) is 0 Å². The fraction of sp³-hybridized carbons (Fsp3) is 0.0625. The molecule has 0 unspecified atom stereocenters. The molecule has 1 N–H and O–H groups in total. The molecule has 0 saturated heterocycles. The maximum atomic E-state index is 12.1. The molecule has 2 aromatic rings. The van der Waals surface area contributed by atoms with Crippen LogP contribution in [0.15, 0.2) is 49.0 Å². The Morgan fingerprint density at radius 1 is 1.20 bits per heavy atom. The van der Waals surface area contributed by atoms with E-state index >= 15 is 0 Å². The van der Waals surface area contributed by atoms with E-state index in [1.54, 1.807) is 24.3 Å². The minimum absolute atomic E-state index is 0.0319. The lowest BCUT2D eigenvalue weighted by atomic mass is 10.2. The predicted molar refractivity (Wildman–Crippen MR) is 76.2 cm³/mol. The Labute approximate surface area is 116 Å². The number of para-hydroxylation sites is 1. The third kappa shape index (κ3) is 2.80. The van der Waals surface area contributed by atoms with Gasteiger partial charge < -0.3 is 14.6 Å². The Morgan fingerprint density at radius 2 is 1.95 bits per heavy atom. The van der Waals surface area contributed by atoms with Crippen LogP contribution in [0.1, 0.15) is 15.9 Å². The first-order valence-electron chi connectivity index (χ1n) is 5.96. The SMILES string of the molecule is C=Cc1ccccc1OC(=O)c1ccc(O)c(OC)c1. The van der Waals surface area contributed by atoms with Crippen LogP contribution in [0.2, 0.25) is 0 Å². The number of phenols is 1. The average Bonchev–Trinajstić information content (AvgIpc) is 2.48. The summed E-state index contributed by atoms with van der Waals surface area (Å²) in [4.78, 5) is 12.1. The number of benzene rings is 2. The Morgan fingerprint density at radius 3 is 2.65 bits per heavy atom. The first-order valence-corrected chi connectivity index (χ1v) is 5.96. The summed E-state index contributed by atoms with van der Waals surface area (Å²) in [6.45, 7) is 3.67. The molecule has 0 heterocycles. The molecule has 4 nitrogen and oxygen atoms in total. The summed E-state index contributed by atoms with van der Waals surface area (Å²) in [6.07, 6.45) is 1.61. The number of aromatic hydroxyl groups is 1. The number of carbonyl (C=O) groups is 1. The standard InChI is InChI=1S/C16H14O4/c1-3-11-6-4-5-7-14(11)20-16(18)12-8-9-13(17)15(10-12)19-2/h3-10,17H,1H2,2H3. The minimum Gasteiger partial charge on any atom is -0.504 e. The summed E-state index contributed by atoms with van der Waals surface area (Å²) >= 11 is 0. The highest BCUT2D eigenvalue weighted by Crippen LogP contribution is 2.27. The van der Waals surface area contributed by atoms with Gasteiger partial charge in [0.25, 0.3) is 0 Å². The van der Waals surface area contributed by atoms with Crippen LogP contribution in [0.3, 0.4) is 0 Å². The molecule has 0 aromatic heterocycles. The molecule has 102 valence electrons. The van der Waals surface area contributed by atoms with Gasteiger partial charge in [-0.15, -0.1) is 0 Å². The zero-order chi connectivity index (χ0) is 14.5. The average molecular weight is 270 g/mol. The third-order valence-electron chi connectivity index (χ3n) is 2.76. The van der Waals surface area contributed by atoms with Crippen molar-refractivity contribution >= 4 is 12.0 Å². The number of rotatable bonds is 4. The largest absolute Gasteiger partial charge is 0.504 e. The molecule has 0 atom stereocenters. The third-order valence-corrected chi connectivity index (χ3v) is 2.76. The second kappa shape index (κ2) is 5.93. The second-order valence-corrected chi connectivity index (χ2v) is 4.02. The zero-order valence-corrected chi connectivity index (χ0v) is 11.0. The number of hydrogen-bond acceptors (Lipinski definition) is 4. The summed E-state index contributed by atoms with van der Waals surface area (Å²) in [5, 5.41) is 9.50. The summed E-state index contributed by atoms with van der Waals surface area (Å²) in [5.41, 5.74) is 1.02. The number of hydrogen-bond donors (Lipinski definition) is 1. The van der Waals surface area contributed by atoms with E-state index in [0.29, 0.717) is 11.3 Å². The summed E-state index contributed by atoms with van der Waals surface area (Å²) in [5.74, 6) is 0.0872. The van der Waals surface area contributed by atoms with Crippen LogP contribution in [0.4, 0.5) is 0 Å². The highest BCUT2D eigenvalue weighted by molar-refractivity contribution is 5.92. The molecular formula is C16H14O4. The highest BCUT2D eigenvalue weighted by Gasteiger charge is 2.13. The van der Waals surface area contributed by atoms with Crippen molar-refractivity contribution in [2.45, 2.75) is 0 Å². The molecule has 0 radical (unpaired) electrons. The second-order valence-electron chi connectivity index (χ2n) is 4.02. The van der Waals surface area contributed by atoms with Crippen molar-refractivity contribution in [1.82, 2.24) is 0 Å². The van der Waals surface area contributed by atoms with Gasteiger partial charge in [0.15, 0.2) is 11.5 Å². The van der Waals surface area contributed by atoms with E-state index in [9.17, 15) is 9.90 Å². The van der Waals surface area contributed by atoms with Gasteiger partial charge in [0.05, 0.1) is 12.7 Å². The minimum atomic E-state index is -0.530. The van der Waals surface area contributed by atoms with E-state index in [2.05, 4.69) is 6.58 Å². The van der Waals surface area contributed by atoms with E-state index in [0.717, 1.165) is 5.56 Å². The summed E-state index contributed by atoms with van der Waals surface area (Å²) in [7, 11) is 1.41. The number of phenolic OH excluding ortho intramolecular Hbond substituents is 1. The van der Waals surface area contributed by atoms with Gasteiger partial charge in [0.1, 0.15) is 5.75 Å². The fourth-order valence-corrected chi connectivity index (χ4v) is 1.71. The molecule has 20 heavy (non-hydrogen) atoms. The van der Waals surface area contributed by atoms with Crippen molar-refractivity contribution in [2.24, 2.45) is 0 Å². The van der Waals surface area contributed by atoms with Crippen molar-refractivity contribution in [3.63, 3.8) is 0 Å². The monoisotopic (exact) mass is 270 g/mol. The summed E-state index contributed by atoms with van der Waals surface area (Å²) in [6, 6.07) is 11.4. The fourth-order valence-electron chi connectivity index (χ4n) is 1.71. The lowest BCUT2D eigenvalue weighted by molar-refractivity contribution is 0.0734. The molecule has 2 rings (SSSR count). The Hall–Kier alpha value is -2.75. The maximum Gasteiger partial charge on any atom is 0.343 e.